The van der Waals surface area contributed by atoms with Gasteiger partial charge in [-0.1, -0.05) is 12.1 Å². The number of imide groups is 1. The van der Waals surface area contributed by atoms with Crippen LogP contribution in [0, 0.1) is 13.8 Å². The molecule has 1 aromatic heterocycles. The van der Waals surface area contributed by atoms with Crippen LogP contribution in [-0.2, 0) is 16.6 Å². The van der Waals surface area contributed by atoms with Crippen molar-refractivity contribution in [1.82, 2.24) is 9.47 Å². The molecule has 0 radical (unpaired) electrons. The van der Waals surface area contributed by atoms with Crippen molar-refractivity contribution >= 4 is 40.6 Å². The van der Waals surface area contributed by atoms with Crippen molar-refractivity contribution in [3.63, 3.8) is 0 Å². The van der Waals surface area contributed by atoms with E-state index in [4.69, 9.17) is 4.74 Å². The Morgan fingerprint density at radius 2 is 1.96 bits per heavy atom. The molecule has 1 aromatic carbocycles. The van der Waals surface area contributed by atoms with E-state index in [1.165, 1.54) is 7.11 Å². The highest BCUT2D eigenvalue weighted by atomic mass is 32.2. The molecule has 7 nitrogen and oxygen atoms in total. The van der Waals surface area contributed by atoms with Crippen molar-refractivity contribution in [1.29, 1.82) is 0 Å². The molecule has 3 amide bonds. The molecule has 0 atom stereocenters. The van der Waals surface area contributed by atoms with Crippen LogP contribution in [0.2, 0.25) is 0 Å². The van der Waals surface area contributed by atoms with E-state index in [0.29, 0.717) is 16.3 Å². The van der Waals surface area contributed by atoms with E-state index >= 15 is 0 Å². The van der Waals surface area contributed by atoms with E-state index in [9.17, 15) is 14.4 Å². The maximum absolute atomic E-state index is 12.6. The zero-order chi connectivity index (χ0) is 20.4. The number of aromatic nitrogens is 1. The molecule has 3 rings (SSSR count). The molecule has 2 heterocycles. The monoisotopic (exact) mass is 399 g/mol. The fourth-order valence-corrected chi connectivity index (χ4v) is 3.72. The molecule has 1 N–H and O–H groups in total. The van der Waals surface area contributed by atoms with Gasteiger partial charge < -0.3 is 14.6 Å². The molecule has 28 heavy (non-hydrogen) atoms. The Hall–Kier alpha value is -3.00. The summed E-state index contributed by atoms with van der Waals surface area (Å²) in [6, 6.07) is 8.89. The topological polar surface area (TPSA) is 80.6 Å². The highest BCUT2D eigenvalue weighted by molar-refractivity contribution is 8.18. The average molecular weight is 399 g/mol. The number of carbonyl (C=O) groups excluding carboxylic acids is 3. The maximum Gasteiger partial charge on any atom is 0.294 e. The zero-order valence-corrected chi connectivity index (χ0v) is 16.9. The summed E-state index contributed by atoms with van der Waals surface area (Å²) in [5.74, 6) is -0.439. The quantitative estimate of drug-likeness (QED) is 0.780. The number of amides is 3. The molecule has 0 bridgehead atoms. The number of carbonyl (C=O) groups is 3. The SMILES string of the molecule is COc1ccccc1NC(=O)CN1C(=O)S/C(=C\c2cc(C)n(C)c2C)C1=O. The van der Waals surface area contributed by atoms with Gasteiger partial charge in [0, 0.05) is 18.4 Å². The van der Waals surface area contributed by atoms with Gasteiger partial charge in [0.25, 0.3) is 11.1 Å². The van der Waals surface area contributed by atoms with Gasteiger partial charge in [-0.05, 0) is 55.4 Å². The molecular weight excluding hydrogens is 378 g/mol. The lowest BCUT2D eigenvalue weighted by atomic mass is 10.2. The Labute approximate surface area is 167 Å². The molecule has 0 unspecified atom stereocenters. The fourth-order valence-electron chi connectivity index (χ4n) is 2.89. The maximum atomic E-state index is 12.6. The first-order valence-electron chi connectivity index (χ1n) is 8.63. The largest absolute Gasteiger partial charge is 0.495 e. The molecule has 1 aliphatic heterocycles. The number of nitrogens with zero attached hydrogens (tertiary/aromatic N) is 2. The standard InChI is InChI=1S/C20H21N3O4S/c1-12-9-14(13(2)22(12)3)10-17-19(25)23(20(26)28-17)11-18(24)21-15-7-5-6-8-16(15)27-4/h5-10H,11H2,1-4H3,(H,21,24)/b17-10-. The van der Waals surface area contributed by atoms with Gasteiger partial charge in [-0.3, -0.25) is 19.3 Å². The van der Waals surface area contributed by atoms with Crippen molar-refractivity contribution < 1.29 is 19.1 Å². The summed E-state index contributed by atoms with van der Waals surface area (Å²) in [6.07, 6.45) is 1.70. The summed E-state index contributed by atoms with van der Waals surface area (Å²) in [7, 11) is 3.44. The summed E-state index contributed by atoms with van der Waals surface area (Å²) in [5.41, 5.74) is 3.41. The lowest BCUT2D eigenvalue weighted by Gasteiger charge is -2.14. The number of hydrogen-bond donors (Lipinski definition) is 1. The predicted octanol–water partition coefficient (Wildman–Crippen LogP) is 3.33. The smallest absolute Gasteiger partial charge is 0.294 e. The molecule has 146 valence electrons. The average Bonchev–Trinajstić information content (AvgIpc) is 3.07. The van der Waals surface area contributed by atoms with Crippen LogP contribution in [0.5, 0.6) is 5.75 Å². The van der Waals surface area contributed by atoms with E-state index in [1.54, 1.807) is 30.3 Å². The second-order valence-electron chi connectivity index (χ2n) is 6.40. The summed E-state index contributed by atoms with van der Waals surface area (Å²) in [4.78, 5) is 38.5. The second-order valence-corrected chi connectivity index (χ2v) is 7.39. The molecule has 2 aromatic rings. The third-order valence-electron chi connectivity index (χ3n) is 4.66. The van der Waals surface area contributed by atoms with Crippen LogP contribution < -0.4 is 10.1 Å². The molecular formula is C20H21N3O4S. The first-order valence-corrected chi connectivity index (χ1v) is 9.44. The summed E-state index contributed by atoms with van der Waals surface area (Å²) >= 11 is 0.841. The molecule has 0 aliphatic carbocycles. The number of methoxy groups -OCH3 is 1. The van der Waals surface area contributed by atoms with Crippen molar-refractivity contribution in [2.45, 2.75) is 13.8 Å². The number of rotatable bonds is 5. The Bertz CT molecular complexity index is 993. The van der Waals surface area contributed by atoms with Crippen molar-refractivity contribution in [2.24, 2.45) is 7.05 Å². The lowest BCUT2D eigenvalue weighted by Crippen LogP contribution is -2.36. The number of nitrogens with one attached hydrogen (secondary N) is 1. The van der Waals surface area contributed by atoms with Gasteiger partial charge in [-0.25, -0.2) is 0 Å². The zero-order valence-electron chi connectivity index (χ0n) is 16.1. The third kappa shape index (κ3) is 3.82. The van der Waals surface area contributed by atoms with Crippen molar-refractivity contribution in [3.05, 3.63) is 52.2 Å². The molecule has 1 fully saturated rings. The summed E-state index contributed by atoms with van der Waals surface area (Å²) < 4.78 is 7.20. The molecule has 0 spiro atoms. The fraction of sp³-hybridized carbons (Fsp3) is 0.250. The van der Waals surface area contributed by atoms with E-state index in [0.717, 1.165) is 33.6 Å². The minimum atomic E-state index is -0.472. The van der Waals surface area contributed by atoms with Gasteiger partial charge in [-0.15, -0.1) is 0 Å². The van der Waals surface area contributed by atoms with E-state index in [1.807, 2.05) is 31.5 Å². The third-order valence-corrected chi connectivity index (χ3v) is 5.56. The lowest BCUT2D eigenvalue weighted by molar-refractivity contribution is -0.127. The number of aryl methyl sites for hydroxylation is 1. The van der Waals surface area contributed by atoms with E-state index < -0.39 is 17.1 Å². The van der Waals surface area contributed by atoms with Gasteiger partial charge in [-0.2, -0.15) is 0 Å². The molecule has 1 aliphatic rings. The second kappa shape index (κ2) is 7.93. The van der Waals surface area contributed by atoms with Gasteiger partial charge in [0.2, 0.25) is 5.91 Å². The number of anilines is 1. The first-order chi connectivity index (χ1) is 13.3. The summed E-state index contributed by atoms with van der Waals surface area (Å²) in [5, 5.41) is 2.21. The van der Waals surface area contributed by atoms with E-state index in [-0.39, 0.29) is 6.54 Å². The Balaban J connectivity index is 1.74. The highest BCUT2D eigenvalue weighted by Crippen LogP contribution is 2.33. The minimum Gasteiger partial charge on any atom is -0.495 e. The Morgan fingerprint density at radius 3 is 2.61 bits per heavy atom. The highest BCUT2D eigenvalue weighted by Gasteiger charge is 2.36. The van der Waals surface area contributed by atoms with Crippen LogP contribution in [0.15, 0.2) is 35.2 Å². The van der Waals surface area contributed by atoms with Gasteiger partial charge in [0.15, 0.2) is 0 Å². The van der Waals surface area contributed by atoms with Crippen LogP contribution in [0.4, 0.5) is 10.5 Å². The first kappa shape index (κ1) is 19.8. The molecule has 0 saturated carbocycles. The van der Waals surface area contributed by atoms with Crippen LogP contribution in [0.25, 0.3) is 6.08 Å². The molecule has 8 heteroatoms. The molecule has 1 saturated heterocycles. The predicted molar refractivity (Wildman–Crippen MR) is 109 cm³/mol. The van der Waals surface area contributed by atoms with E-state index in [2.05, 4.69) is 5.32 Å². The number of ether oxygens (including phenoxy) is 1. The van der Waals surface area contributed by atoms with Crippen LogP contribution in [0.3, 0.4) is 0 Å². The number of para-hydroxylation sites is 2. The summed E-state index contributed by atoms with van der Waals surface area (Å²) in [6.45, 7) is 3.56. The number of hydrogen-bond acceptors (Lipinski definition) is 5. The van der Waals surface area contributed by atoms with Gasteiger partial charge >= 0.3 is 0 Å². The minimum absolute atomic E-state index is 0.309. The van der Waals surface area contributed by atoms with Crippen LogP contribution in [-0.4, -0.2) is 40.2 Å². The van der Waals surface area contributed by atoms with Crippen LogP contribution in [0.1, 0.15) is 17.0 Å². The van der Waals surface area contributed by atoms with Crippen molar-refractivity contribution in [3.8, 4) is 5.75 Å². The van der Waals surface area contributed by atoms with Crippen molar-refractivity contribution in [2.75, 3.05) is 19.0 Å². The number of benzene rings is 1. The normalized spacial score (nSPS) is 15.4. The van der Waals surface area contributed by atoms with Gasteiger partial charge in [0.05, 0.1) is 17.7 Å². The van der Waals surface area contributed by atoms with Crippen LogP contribution >= 0.6 is 11.8 Å². The number of thioether (sulfide) groups is 1. The Kier molecular flexibility index (Phi) is 5.60. The van der Waals surface area contributed by atoms with Gasteiger partial charge in [0.1, 0.15) is 12.3 Å². The Morgan fingerprint density at radius 1 is 1.25 bits per heavy atom.